The summed E-state index contributed by atoms with van der Waals surface area (Å²) in [4.78, 5) is 29.5. The molecule has 2 aromatic rings. The molecule has 0 aliphatic rings. The van der Waals surface area contributed by atoms with Crippen LogP contribution in [0.2, 0.25) is 0 Å². The van der Waals surface area contributed by atoms with Crippen LogP contribution in [0.1, 0.15) is 27.6 Å². The highest BCUT2D eigenvalue weighted by molar-refractivity contribution is 5.94. The number of nitrogens with zero attached hydrogens (tertiary/aromatic N) is 2. The summed E-state index contributed by atoms with van der Waals surface area (Å²) in [5.41, 5.74) is 1.36. The fourth-order valence-corrected chi connectivity index (χ4v) is 1.42. The number of carbonyl (C=O) groups is 2. The minimum atomic E-state index is -1.07. The third kappa shape index (κ3) is 3.12. The van der Waals surface area contributed by atoms with Crippen LogP contribution in [0.5, 0.6) is 0 Å². The summed E-state index contributed by atoms with van der Waals surface area (Å²) in [6.45, 7) is 1.50. The zero-order valence-electron chi connectivity index (χ0n) is 10.1. The van der Waals surface area contributed by atoms with Gasteiger partial charge in [0.2, 0.25) is 5.95 Å². The van der Waals surface area contributed by atoms with Gasteiger partial charge in [0.15, 0.2) is 5.78 Å². The first kappa shape index (κ1) is 12.7. The topological polar surface area (TPSA) is 92.2 Å². The van der Waals surface area contributed by atoms with Crippen LogP contribution in [0.3, 0.4) is 0 Å². The normalized spacial score (nSPS) is 9.95. The first-order chi connectivity index (χ1) is 9.06. The van der Waals surface area contributed by atoms with Gasteiger partial charge in [-0.15, -0.1) is 0 Å². The fourth-order valence-electron chi connectivity index (χ4n) is 1.42. The number of hydrogen-bond donors (Lipinski definition) is 2. The van der Waals surface area contributed by atoms with E-state index in [1.54, 1.807) is 24.3 Å². The Hall–Kier alpha value is -2.76. The maximum Gasteiger partial charge on any atom is 0.338 e. The van der Waals surface area contributed by atoms with E-state index in [4.69, 9.17) is 5.11 Å². The molecule has 1 aromatic heterocycles. The number of hydrogen-bond acceptors (Lipinski definition) is 5. The van der Waals surface area contributed by atoms with Crippen molar-refractivity contribution in [3.63, 3.8) is 0 Å². The Morgan fingerprint density at radius 2 is 1.63 bits per heavy atom. The molecule has 2 N–H and O–H groups in total. The van der Waals surface area contributed by atoms with E-state index in [2.05, 4.69) is 15.3 Å². The lowest BCUT2D eigenvalue weighted by Gasteiger charge is -2.05. The van der Waals surface area contributed by atoms with E-state index in [9.17, 15) is 9.59 Å². The number of Topliss-reactive ketones (excluding diaryl/α,β-unsaturated/α-hetero) is 1. The lowest BCUT2D eigenvalue weighted by Crippen LogP contribution is -2.02. The molecular weight excluding hydrogens is 246 g/mol. The van der Waals surface area contributed by atoms with E-state index < -0.39 is 5.97 Å². The molecule has 0 saturated carbocycles. The summed E-state index contributed by atoms with van der Waals surface area (Å²) in [6, 6.07) is 6.84. The molecular formula is C13H11N3O3. The zero-order chi connectivity index (χ0) is 13.8. The molecule has 0 saturated heterocycles. The van der Waals surface area contributed by atoms with Crippen molar-refractivity contribution in [1.29, 1.82) is 0 Å². The number of rotatable bonds is 4. The standard InChI is InChI=1S/C13H11N3O3/c1-8(17)9-2-4-11(5-3-9)16-13-14-6-10(7-15-13)12(18)19/h2-7H,1H3,(H,18,19)(H,14,15,16). The van der Waals surface area contributed by atoms with Crippen molar-refractivity contribution < 1.29 is 14.7 Å². The van der Waals surface area contributed by atoms with Crippen molar-refractivity contribution in [2.45, 2.75) is 6.92 Å². The van der Waals surface area contributed by atoms with E-state index in [-0.39, 0.29) is 11.3 Å². The van der Waals surface area contributed by atoms with Crippen LogP contribution in [-0.4, -0.2) is 26.8 Å². The van der Waals surface area contributed by atoms with Gasteiger partial charge in [0.1, 0.15) is 0 Å². The molecule has 0 unspecified atom stereocenters. The van der Waals surface area contributed by atoms with Crippen molar-refractivity contribution in [1.82, 2.24) is 9.97 Å². The van der Waals surface area contributed by atoms with E-state index in [1.165, 1.54) is 19.3 Å². The van der Waals surface area contributed by atoms with Gasteiger partial charge in [-0.2, -0.15) is 0 Å². The predicted octanol–water partition coefficient (Wildman–Crippen LogP) is 2.12. The highest BCUT2D eigenvalue weighted by Gasteiger charge is 2.04. The Kier molecular flexibility index (Phi) is 3.51. The van der Waals surface area contributed by atoms with Crippen LogP contribution in [0.15, 0.2) is 36.7 Å². The molecule has 6 heteroatoms. The minimum Gasteiger partial charge on any atom is -0.478 e. The molecule has 1 aromatic carbocycles. The van der Waals surface area contributed by atoms with Gasteiger partial charge >= 0.3 is 5.97 Å². The van der Waals surface area contributed by atoms with E-state index in [0.29, 0.717) is 17.2 Å². The van der Waals surface area contributed by atoms with E-state index in [1.807, 2.05) is 0 Å². The highest BCUT2D eigenvalue weighted by Crippen LogP contribution is 2.14. The molecule has 0 atom stereocenters. The monoisotopic (exact) mass is 257 g/mol. The molecule has 0 fully saturated rings. The van der Waals surface area contributed by atoms with Crippen LogP contribution in [0.25, 0.3) is 0 Å². The molecule has 0 amide bonds. The maximum absolute atomic E-state index is 11.1. The molecule has 0 bridgehead atoms. The van der Waals surface area contributed by atoms with Crippen LogP contribution in [0, 0.1) is 0 Å². The number of nitrogens with one attached hydrogen (secondary N) is 1. The second-order valence-electron chi connectivity index (χ2n) is 3.86. The summed E-state index contributed by atoms with van der Waals surface area (Å²) in [5, 5.41) is 11.6. The van der Waals surface area contributed by atoms with Crippen LogP contribution < -0.4 is 5.32 Å². The second-order valence-corrected chi connectivity index (χ2v) is 3.86. The van der Waals surface area contributed by atoms with Crippen molar-refractivity contribution in [2.24, 2.45) is 0 Å². The SMILES string of the molecule is CC(=O)c1ccc(Nc2ncc(C(=O)O)cn2)cc1. The molecule has 1 heterocycles. The smallest absolute Gasteiger partial charge is 0.338 e. The number of aromatic carboxylic acids is 1. The number of ketones is 1. The van der Waals surface area contributed by atoms with Crippen LogP contribution in [0.4, 0.5) is 11.6 Å². The Balaban J connectivity index is 2.12. The van der Waals surface area contributed by atoms with Gasteiger partial charge in [-0.25, -0.2) is 14.8 Å². The number of benzene rings is 1. The molecule has 6 nitrogen and oxygen atoms in total. The number of carboxylic acid groups (broad SMARTS) is 1. The van der Waals surface area contributed by atoms with Crippen LogP contribution in [-0.2, 0) is 0 Å². The first-order valence-corrected chi connectivity index (χ1v) is 5.49. The second kappa shape index (κ2) is 5.26. The van der Waals surface area contributed by atoms with Gasteiger partial charge in [0, 0.05) is 23.6 Å². The quantitative estimate of drug-likeness (QED) is 0.815. The lowest BCUT2D eigenvalue weighted by molar-refractivity contribution is 0.0695. The molecule has 19 heavy (non-hydrogen) atoms. The molecule has 0 radical (unpaired) electrons. The highest BCUT2D eigenvalue weighted by atomic mass is 16.4. The largest absolute Gasteiger partial charge is 0.478 e. The zero-order valence-corrected chi connectivity index (χ0v) is 10.1. The third-order valence-corrected chi connectivity index (χ3v) is 2.45. The predicted molar refractivity (Wildman–Crippen MR) is 68.7 cm³/mol. The average Bonchev–Trinajstić information content (AvgIpc) is 2.40. The number of aromatic nitrogens is 2. The summed E-state index contributed by atoms with van der Waals surface area (Å²) >= 11 is 0. The average molecular weight is 257 g/mol. The Morgan fingerprint density at radius 1 is 1.05 bits per heavy atom. The first-order valence-electron chi connectivity index (χ1n) is 5.49. The summed E-state index contributed by atoms with van der Waals surface area (Å²) in [7, 11) is 0. The summed E-state index contributed by atoms with van der Waals surface area (Å²) in [5.74, 6) is -0.786. The third-order valence-electron chi connectivity index (χ3n) is 2.45. The van der Waals surface area contributed by atoms with Crippen molar-refractivity contribution in [3.05, 3.63) is 47.8 Å². The number of anilines is 2. The van der Waals surface area contributed by atoms with Crippen LogP contribution >= 0.6 is 0 Å². The van der Waals surface area contributed by atoms with Gasteiger partial charge in [0.05, 0.1) is 5.56 Å². The van der Waals surface area contributed by atoms with Gasteiger partial charge in [0.25, 0.3) is 0 Å². The lowest BCUT2D eigenvalue weighted by atomic mass is 10.1. The molecule has 96 valence electrons. The Bertz CT molecular complexity index is 551. The van der Waals surface area contributed by atoms with Gasteiger partial charge < -0.3 is 10.4 Å². The molecule has 0 aliphatic heterocycles. The molecule has 2 rings (SSSR count). The van der Waals surface area contributed by atoms with Crippen molar-refractivity contribution >= 4 is 23.4 Å². The van der Waals surface area contributed by atoms with E-state index >= 15 is 0 Å². The fraction of sp³-hybridized carbons (Fsp3) is 0.0769. The van der Waals surface area contributed by atoms with E-state index in [0.717, 1.165) is 0 Å². The molecule has 0 spiro atoms. The summed E-state index contributed by atoms with van der Waals surface area (Å²) < 4.78 is 0. The number of carbonyl (C=O) groups excluding carboxylic acids is 1. The van der Waals surface area contributed by atoms with Gasteiger partial charge in [-0.1, -0.05) is 0 Å². The van der Waals surface area contributed by atoms with Gasteiger partial charge in [-0.3, -0.25) is 4.79 Å². The Morgan fingerprint density at radius 3 is 2.11 bits per heavy atom. The summed E-state index contributed by atoms with van der Waals surface area (Å²) in [6.07, 6.45) is 2.45. The minimum absolute atomic E-state index is 0.00592. The van der Waals surface area contributed by atoms with Crippen molar-refractivity contribution in [2.75, 3.05) is 5.32 Å². The Labute approximate surface area is 109 Å². The van der Waals surface area contributed by atoms with Crippen molar-refractivity contribution in [3.8, 4) is 0 Å². The number of carboxylic acids is 1. The molecule has 0 aliphatic carbocycles. The maximum atomic E-state index is 11.1. The van der Waals surface area contributed by atoms with Gasteiger partial charge in [-0.05, 0) is 31.2 Å².